The number of allylic oxidation sites excluding steroid dienone is 1. The summed E-state index contributed by atoms with van der Waals surface area (Å²) in [5, 5.41) is 3.57. The van der Waals surface area contributed by atoms with Gasteiger partial charge in [-0.25, -0.2) is 0 Å². The highest BCUT2D eigenvalue weighted by Crippen LogP contribution is 2.06. The summed E-state index contributed by atoms with van der Waals surface area (Å²) < 4.78 is 0. The van der Waals surface area contributed by atoms with Gasteiger partial charge >= 0.3 is 0 Å². The fourth-order valence-electron chi connectivity index (χ4n) is 1.24. The third-order valence-electron chi connectivity index (χ3n) is 2.18. The Morgan fingerprint density at radius 2 is 2.06 bits per heavy atom. The Hall–Kier alpha value is -1.32. The molecule has 0 heterocycles. The zero-order valence-electron chi connectivity index (χ0n) is 9.50. The van der Waals surface area contributed by atoms with Gasteiger partial charge in [-0.1, -0.05) is 41.9 Å². The predicted octanol–water partition coefficient (Wildman–Crippen LogP) is 2.21. The molecule has 0 saturated carbocycles. The number of halogens is 1. The molecule has 0 aliphatic rings. The smallest absolute Gasteiger partial charge is 0.133 e. The third-order valence-corrected chi connectivity index (χ3v) is 2.49. The number of nitrogens with zero attached hydrogens (tertiary/aromatic N) is 1. The van der Waals surface area contributed by atoms with Crippen molar-refractivity contribution in [3.63, 3.8) is 0 Å². The molecule has 86 valence electrons. The lowest BCUT2D eigenvalue weighted by atomic mass is 10.1. The molecule has 16 heavy (non-hydrogen) atoms. The van der Waals surface area contributed by atoms with Crippen LogP contribution in [0.3, 0.4) is 0 Å². The Balaban J connectivity index is 2.88. The van der Waals surface area contributed by atoms with Crippen LogP contribution in [0.4, 0.5) is 0 Å². The quantitative estimate of drug-likeness (QED) is 0.481. The predicted molar refractivity (Wildman–Crippen MR) is 69.5 cm³/mol. The van der Waals surface area contributed by atoms with Crippen molar-refractivity contribution in [2.75, 3.05) is 7.05 Å². The normalized spacial score (nSPS) is 12.8. The van der Waals surface area contributed by atoms with Gasteiger partial charge in [0.2, 0.25) is 0 Å². The van der Waals surface area contributed by atoms with Gasteiger partial charge in [-0.05, 0) is 12.5 Å². The third kappa shape index (κ3) is 3.36. The molecule has 3 N–H and O–H groups in total. The summed E-state index contributed by atoms with van der Waals surface area (Å²) in [5.41, 5.74) is 7.61. The number of benzene rings is 1. The lowest BCUT2D eigenvalue weighted by molar-refractivity contribution is 1.07. The molecule has 0 amide bonds. The van der Waals surface area contributed by atoms with E-state index in [0.717, 1.165) is 17.0 Å². The number of nitrogens with two attached hydrogens (primary N) is 1. The minimum absolute atomic E-state index is 0.544. The van der Waals surface area contributed by atoms with Crippen molar-refractivity contribution in [2.45, 2.75) is 13.5 Å². The first kappa shape index (κ1) is 12.7. The molecule has 0 unspecified atom stereocenters. The minimum atomic E-state index is 0.544. The van der Waals surface area contributed by atoms with E-state index in [1.165, 1.54) is 0 Å². The van der Waals surface area contributed by atoms with E-state index in [-0.39, 0.29) is 0 Å². The van der Waals surface area contributed by atoms with Gasteiger partial charge in [0.05, 0.1) is 0 Å². The van der Waals surface area contributed by atoms with Crippen LogP contribution < -0.4 is 11.1 Å². The Kier molecular flexibility index (Phi) is 5.02. The maximum absolute atomic E-state index is 5.90. The van der Waals surface area contributed by atoms with Crippen LogP contribution in [0.15, 0.2) is 40.5 Å². The van der Waals surface area contributed by atoms with Crippen LogP contribution in [0.25, 0.3) is 0 Å². The number of amidine groups is 1. The highest BCUT2D eigenvalue weighted by Gasteiger charge is 2.02. The van der Waals surface area contributed by atoms with E-state index in [2.05, 4.69) is 10.3 Å². The van der Waals surface area contributed by atoms with Crippen LogP contribution in [-0.2, 0) is 6.54 Å². The molecule has 0 spiro atoms. The molecular formula is C12H16ClN3. The molecule has 0 aliphatic heterocycles. The Morgan fingerprint density at radius 1 is 1.44 bits per heavy atom. The molecule has 0 aliphatic carbocycles. The van der Waals surface area contributed by atoms with Crippen molar-refractivity contribution in [1.29, 1.82) is 0 Å². The van der Waals surface area contributed by atoms with E-state index in [4.69, 9.17) is 17.3 Å². The van der Waals surface area contributed by atoms with Crippen LogP contribution in [-0.4, -0.2) is 12.9 Å². The molecule has 1 aromatic carbocycles. The second kappa shape index (κ2) is 6.30. The summed E-state index contributed by atoms with van der Waals surface area (Å²) in [7, 11) is 1.72. The van der Waals surface area contributed by atoms with Gasteiger partial charge in [0.15, 0.2) is 0 Å². The Labute approximate surface area is 101 Å². The number of nitrogens with one attached hydrogen (secondary N) is 1. The maximum Gasteiger partial charge on any atom is 0.133 e. The first-order chi connectivity index (χ1) is 7.71. The fourth-order valence-corrected chi connectivity index (χ4v) is 1.33. The van der Waals surface area contributed by atoms with Gasteiger partial charge in [0, 0.05) is 19.2 Å². The molecule has 1 rings (SSSR count). The average Bonchev–Trinajstić information content (AvgIpc) is 2.35. The van der Waals surface area contributed by atoms with E-state index in [1.54, 1.807) is 13.1 Å². The highest BCUT2D eigenvalue weighted by molar-refractivity contribution is 6.30. The summed E-state index contributed by atoms with van der Waals surface area (Å²) in [5.74, 6) is 0.742. The zero-order valence-corrected chi connectivity index (χ0v) is 10.3. The topological polar surface area (TPSA) is 50.4 Å². The average molecular weight is 238 g/mol. The number of rotatable bonds is 3. The standard InChI is InChI=1S/C12H16ClN3/c1-3-11(13)16-12(15-2)10-6-4-9(8-14)5-7-10/h3-7H,8,14H2,1-2H3,(H,15,16)/b11-3-. The highest BCUT2D eigenvalue weighted by atomic mass is 35.5. The van der Waals surface area contributed by atoms with Gasteiger partial charge in [0.1, 0.15) is 11.0 Å². The molecule has 0 radical (unpaired) electrons. The Bertz CT molecular complexity index is 393. The summed E-state index contributed by atoms with van der Waals surface area (Å²) in [6.45, 7) is 2.40. The van der Waals surface area contributed by atoms with E-state index < -0.39 is 0 Å². The second-order valence-corrected chi connectivity index (χ2v) is 3.64. The summed E-state index contributed by atoms with van der Waals surface area (Å²) in [4.78, 5) is 4.15. The molecule has 0 aromatic heterocycles. The van der Waals surface area contributed by atoms with E-state index in [9.17, 15) is 0 Å². The summed E-state index contributed by atoms with van der Waals surface area (Å²) in [6, 6.07) is 7.90. The molecule has 1 aromatic rings. The molecule has 0 atom stereocenters. The van der Waals surface area contributed by atoms with Crippen molar-refractivity contribution >= 4 is 17.4 Å². The number of hydrogen-bond donors (Lipinski definition) is 2. The lowest BCUT2D eigenvalue weighted by Crippen LogP contribution is -2.21. The second-order valence-electron chi connectivity index (χ2n) is 3.23. The van der Waals surface area contributed by atoms with E-state index in [0.29, 0.717) is 11.7 Å². The van der Waals surface area contributed by atoms with Crippen LogP contribution in [0, 0.1) is 0 Å². The maximum atomic E-state index is 5.90. The van der Waals surface area contributed by atoms with Crippen LogP contribution in [0.2, 0.25) is 0 Å². The fraction of sp³-hybridized carbons (Fsp3) is 0.250. The van der Waals surface area contributed by atoms with Gasteiger partial charge in [-0.2, -0.15) is 0 Å². The summed E-state index contributed by atoms with van der Waals surface area (Å²) in [6.07, 6.45) is 1.78. The van der Waals surface area contributed by atoms with Crippen molar-refractivity contribution in [3.05, 3.63) is 46.6 Å². The Morgan fingerprint density at radius 3 is 2.50 bits per heavy atom. The molecule has 4 heteroatoms. The van der Waals surface area contributed by atoms with Gasteiger partial charge < -0.3 is 11.1 Å². The molecule has 0 saturated heterocycles. The monoisotopic (exact) mass is 237 g/mol. The van der Waals surface area contributed by atoms with Gasteiger partial charge in [0.25, 0.3) is 0 Å². The SMILES string of the molecule is C/C=C(/Cl)NC(=NC)c1ccc(CN)cc1. The number of aliphatic imine (C=N–C) groups is 1. The van der Waals surface area contributed by atoms with E-state index in [1.807, 2.05) is 31.2 Å². The molecular weight excluding hydrogens is 222 g/mol. The van der Waals surface area contributed by atoms with Gasteiger partial charge in [-0.3, -0.25) is 4.99 Å². The largest absolute Gasteiger partial charge is 0.331 e. The van der Waals surface area contributed by atoms with Crippen molar-refractivity contribution in [3.8, 4) is 0 Å². The lowest BCUT2D eigenvalue weighted by Gasteiger charge is -2.08. The van der Waals surface area contributed by atoms with E-state index >= 15 is 0 Å². The first-order valence-corrected chi connectivity index (χ1v) is 5.44. The molecule has 0 bridgehead atoms. The minimum Gasteiger partial charge on any atom is -0.331 e. The molecule has 0 fully saturated rings. The van der Waals surface area contributed by atoms with Crippen LogP contribution in [0.5, 0.6) is 0 Å². The van der Waals surface area contributed by atoms with Crippen LogP contribution >= 0.6 is 11.6 Å². The van der Waals surface area contributed by atoms with Gasteiger partial charge in [-0.15, -0.1) is 0 Å². The summed E-state index contributed by atoms with van der Waals surface area (Å²) >= 11 is 5.90. The number of hydrogen-bond acceptors (Lipinski definition) is 2. The van der Waals surface area contributed by atoms with Crippen molar-refractivity contribution in [1.82, 2.24) is 5.32 Å². The zero-order chi connectivity index (χ0) is 12.0. The van der Waals surface area contributed by atoms with Crippen LogP contribution in [0.1, 0.15) is 18.1 Å². The first-order valence-electron chi connectivity index (χ1n) is 5.06. The van der Waals surface area contributed by atoms with Crippen molar-refractivity contribution in [2.24, 2.45) is 10.7 Å². The van der Waals surface area contributed by atoms with Crippen molar-refractivity contribution < 1.29 is 0 Å². The molecule has 3 nitrogen and oxygen atoms in total.